The predicted molar refractivity (Wildman–Crippen MR) is 197 cm³/mol. The van der Waals surface area contributed by atoms with E-state index in [1.807, 2.05) is 34.6 Å². The van der Waals surface area contributed by atoms with Crippen LogP contribution in [0.3, 0.4) is 0 Å². The molecule has 0 saturated carbocycles. The lowest BCUT2D eigenvalue weighted by atomic mass is 9.72. The van der Waals surface area contributed by atoms with Crippen LogP contribution in [-0.4, -0.2) is 84.0 Å². The molecular weight excluding hydrogens is 706 g/mol. The second-order valence-corrected chi connectivity index (χ2v) is 17.5. The molecule has 0 spiro atoms. The molecular formula is C32H63BIN4O6S. The van der Waals surface area contributed by atoms with Crippen LogP contribution in [-0.2, 0) is 28.7 Å². The summed E-state index contributed by atoms with van der Waals surface area (Å²) in [5, 5.41) is 8.81. The quantitative estimate of drug-likeness (QED) is 0.0285. The van der Waals surface area contributed by atoms with E-state index in [9.17, 15) is 19.2 Å². The largest absolute Gasteiger partial charge is 0.377 e. The molecule has 5 N–H and O–H groups in total. The van der Waals surface area contributed by atoms with Crippen molar-refractivity contribution in [2.75, 3.05) is 39.5 Å². The second-order valence-electron chi connectivity index (χ2n) is 14.3. The summed E-state index contributed by atoms with van der Waals surface area (Å²) in [6.45, 7) is 23.4. The summed E-state index contributed by atoms with van der Waals surface area (Å²) < 4.78 is 10.3. The first-order valence-corrected chi connectivity index (χ1v) is 17.6. The summed E-state index contributed by atoms with van der Waals surface area (Å²) in [5.74, 6) is -0.376. The highest BCUT2D eigenvalue weighted by atomic mass is 127. The first kappa shape index (κ1) is 46.2. The van der Waals surface area contributed by atoms with Gasteiger partial charge in [-0.2, -0.15) is 12.6 Å². The molecule has 0 saturated heterocycles. The monoisotopic (exact) mass is 769 g/mol. The molecule has 0 aromatic heterocycles. The van der Waals surface area contributed by atoms with Crippen LogP contribution in [0.15, 0.2) is 0 Å². The summed E-state index contributed by atoms with van der Waals surface area (Å²) in [7, 11) is 1.41. The Morgan fingerprint density at radius 2 is 1.38 bits per heavy atom. The maximum atomic E-state index is 13.0. The third-order valence-electron chi connectivity index (χ3n) is 6.42. The van der Waals surface area contributed by atoms with Gasteiger partial charge in [0.2, 0.25) is 25.0 Å². The van der Waals surface area contributed by atoms with Gasteiger partial charge in [0.1, 0.15) is 17.2 Å². The predicted octanol–water partition coefficient (Wildman–Crippen LogP) is 4.64. The minimum absolute atomic E-state index is 0.0175. The zero-order valence-corrected chi connectivity index (χ0v) is 33.0. The average molecular weight is 770 g/mol. The van der Waals surface area contributed by atoms with E-state index >= 15 is 0 Å². The van der Waals surface area contributed by atoms with Gasteiger partial charge in [-0.15, -0.1) is 0 Å². The number of halogens is 1. The van der Waals surface area contributed by atoms with E-state index in [1.54, 1.807) is 6.82 Å². The fraction of sp³-hybridized carbons (Fsp3) is 0.875. The Hall–Kier alpha value is -0.895. The van der Waals surface area contributed by atoms with Crippen LogP contribution < -0.4 is 21.7 Å². The SMILES string of the molecule is CCC.C[B]C(=O)[C@@](N)(S)CCCCNC(=O)COCCOCCNC(=O)C(C)(C)CC(C)(C)NC(=O)C(C)(I)CC(C)(C)C. The molecule has 0 aliphatic carbocycles. The number of alkyl halides is 1. The number of hydrogen-bond donors (Lipinski definition) is 5. The molecule has 0 aromatic carbocycles. The summed E-state index contributed by atoms with van der Waals surface area (Å²) in [6, 6.07) is 0. The number of ether oxygens (including phenoxy) is 2. The van der Waals surface area contributed by atoms with Crippen LogP contribution in [0.4, 0.5) is 0 Å². The summed E-state index contributed by atoms with van der Waals surface area (Å²) in [4.78, 5) is 48.2. The highest BCUT2D eigenvalue weighted by Gasteiger charge is 2.40. The third-order valence-corrected chi connectivity index (χ3v) is 7.73. The van der Waals surface area contributed by atoms with Gasteiger partial charge in [0.25, 0.3) is 0 Å². The lowest BCUT2D eigenvalue weighted by Crippen LogP contribution is -2.54. The molecule has 45 heavy (non-hydrogen) atoms. The molecule has 263 valence electrons. The molecule has 2 atom stereocenters. The van der Waals surface area contributed by atoms with E-state index in [4.69, 9.17) is 15.2 Å². The Labute approximate surface area is 293 Å². The third kappa shape index (κ3) is 23.1. The zero-order valence-electron chi connectivity index (χ0n) is 29.9. The summed E-state index contributed by atoms with van der Waals surface area (Å²) in [6.07, 6.45) is 4.21. The minimum Gasteiger partial charge on any atom is -0.377 e. The summed E-state index contributed by atoms with van der Waals surface area (Å²) in [5.41, 5.74) is 4.39. The number of nitrogens with two attached hydrogens (primary N) is 1. The first-order chi connectivity index (χ1) is 20.5. The van der Waals surface area contributed by atoms with Gasteiger partial charge in [-0.25, -0.2) is 0 Å². The van der Waals surface area contributed by atoms with E-state index in [-0.39, 0.29) is 48.6 Å². The maximum Gasteiger partial charge on any atom is 0.245 e. The number of carbonyl (C=O) groups is 4. The Morgan fingerprint density at radius 3 is 1.91 bits per heavy atom. The van der Waals surface area contributed by atoms with Crippen LogP contribution in [0, 0.1) is 10.8 Å². The van der Waals surface area contributed by atoms with Crippen molar-refractivity contribution in [2.45, 2.75) is 128 Å². The number of carbonyl (C=O) groups excluding carboxylic acids is 4. The molecule has 10 nitrogen and oxygen atoms in total. The molecule has 0 aliphatic rings. The van der Waals surface area contributed by atoms with E-state index < -0.39 is 19.2 Å². The minimum atomic E-state index is -1.17. The van der Waals surface area contributed by atoms with Crippen molar-refractivity contribution in [1.82, 2.24) is 16.0 Å². The van der Waals surface area contributed by atoms with Gasteiger partial charge >= 0.3 is 0 Å². The van der Waals surface area contributed by atoms with Crippen molar-refractivity contribution in [2.24, 2.45) is 16.6 Å². The highest BCUT2D eigenvalue weighted by molar-refractivity contribution is 14.1. The fourth-order valence-corrected chi connectivity index (χ4v) is 6.34. The van der Waals surface area contributed by atoms with Crippen LogP contribution >= 0.6 is 35.2 Å². The second kappa shape index (κ2) is 21.9. The van der Waals surface area contributed by atoms with Gasteiger partial charge in [0, 0.05) is 24.0 Å². The summed E-state index contributed by atoms with van der Waals surface area (Å²) >= 11 is 6.42. The van der Waals surface area contributed by atoms with Gasteiger partial charge in [-0.3, -0.25) is 14.4 Å². The lowest BCUT2D eigenvalue weighted by molar-refractivity contribution is -0.132. The van der Waals surface area contributed by atoms with E-state index in [0.29, 0.717) is 45.4 Å². The van der Waals surface area contributed by atoms with Gasteiger partial charge in [0.15, 0.2) is 0 Å². The van der Waals surface area contributed by atoms with E-state index in [0.717, 1.165) is 6.42 Å². The molecule has 0 heterocycles. The molecule has 0 aliphatic heterocycles. The fourth-order valence-electron chi connectivity index (χ4n) is 4.78. The van der Waals surface area contributed by atoms with Crippen LogP contribution in [0.1, 0.15) is 108 Å². The highest BCUT2D eigenvalue weighted by Crippen LogP contribution is 2.35. The Kier molecular flexibility index (Phi) is 22.5. The van der Waals surface area contributed by atoms with E-state index in [1.165, 1.54) is 13.7 Å². The Bertz CT molecular complexity index is 911. The van der Waals surface area contributed by atoms with Crippen molar-refractivity contribution < 1.29 is 28.7 Å². The van der Waals surface area contributed by atoms with Gasteiger partial charge in [-0.05, 0) is 58.3 Å². The normalized spacial score (nSPS) is 14.6. The molecule has 0 fully saturated rings. The van der Waals surface area contributed by atoms with Crippen molar-refractivity contribution in [3.8, 4) is 0 Å². The smallest absolute Gasteiger partial charge is 0.245 e. The number of thiol groups is 1. The standard InChI is InChI=1S/C29H55BIN4O6S.C3H8/c1-25(2,3)19-28(8,31)24(39)35-27(6,7)20-26(4,5)23(38)34-14-15-40-16-17-41-18-21(36)33-13-11-10-12-29(32,42)22(37)30-9;1-3-2/h42H,10-20,32H2,1-9H3,(H,33,36)(H,34,38)(H,35,39);3H2,1-2H3/t28?,29-;/m0./s1. The van der Waals surface area contributed by atoms with Crippen LogP contribution in [0.25, 0.3) is 0 Å². The Balaban J connectivity index is 0. The van der Waals surface area contributed by atoms with Gasteiger partial charge in [-0.1, -0.05) is 84.3 Å². The van der Waals surface area contributed by atoms with Crippen molar-refractivity contribution in [1.29, 1.82) is 0 Å². The number of rotatable bonds is 21. The zero-order chi connectivity index (χ0) is 35.5. The maximum absolute atomic E-state index is 13.0. The van der Waals surface area contributed by atoms with Crippen molar-refractivity contribution in [3.63, 3.8) is 0 Å². The lowest BCUT2D eigenvalue weighted by Gasteiger charge is -2.38. The molecule has 1 unspecified atom stereocenters. The van der Waals surface area contributed by atoms with E-state index in [2.05, 4.69) is 85.8 Å². The number of amides is 3. The molecule has 13 heteroatoms. The first-order valence-electron chi connectivity index (χ1n) is 16.0. The number of unbranched alkanes of at least 4 members (excludes halogenated alkanes) is 1. The van der Waals surface area contributed by atoms with Gasteiger partial charge in [0.05, 0.1) is 23.2 Å². The molecule has 3 amide bonds. The topological polar surface area (TPSA) is 149 Å². The van der Waals surface area contributed by atoms with Crippen LogP contribution in [0.5, 0.6) is 0 Å². The van der Waals surface area contributed by atoms with Crippen molar-refractivity contribution >= 4 is 65.9 Å². The molecule has 1 radical (unpaired) electrons. The number of hydrogen-bond acceptors (Lipinski definition) is 8. The Morgan fingerprint density at radius 1 is 0.822 bits per heavy atom. The van der Waals surface area contributed by atoms with Crippen molar-refractivity contribution in [3.05, 3.63) is 0 Å². The van der Waals surface area contributed by atoms with Gasteiger partial charge < -0.3 is 36.0 Å². The molecule has 0 bridgehead atoms. The molecule has 0 aromatic rings. The molecule has 0 rings (SSSR count). The van der Waals surface area contributed by atoms with Crippen LogP contribution in [0.2, 0.25) is 6.82 Å². The number of nitrogens with one attached hydrogen (secondary N) is 3. The average Bonchev–Trinajstić information content (AvgIpc) is 2.87.